The molecule has 0 aliphatic carbocycles. The lowest BCUT2D eigenvalue weighted by molar-refractivity contribution is -0.144. The van der Waals surface area contributed by atoms with E-state index in [2.05, 4.69) is 0 Å². The van der Waals surface area contributed by atoms with Crippen molar-refractivity contribution in [3.63, 3.8) is 0 Å². The Hall–Kier alpha value is -1.32. The standard InChI is InChI=1S/C11H18O4/c1-4-7-9(11(13)14-6-3)8-15-10(12)5-2/h7H,4-6,8H2,1-3H3. The van der Waals surface area contributed by atoms with Crippen LogP contribution in [0.4, 0.5) is 0 Å². The Bertz CT molecular complexity index is 243. The van der Waals surface area contributed by atoms with Gasteiger partial charge in [0.25, 0.3) is 0 Å². The van der Waals surface area contributed by atoms with Gasteiger partial charge in [-0.15, -0.1) is 0 Å². The summed E-state index contributed by atoms with van der Waals surface area (Å²) < 4.78 is 9.69. The van der Waals surface area contributed by atoms with Crippen LogP contribution in [0, 0.1) is 0 Å². The summed E-state index contributed by atoms with van der Waals surface area (Å²) in [4.78, 5) is 22.3. The van der Waals surface area contributed by atoms with Gasteiger partial charge >= 0.3 is 11.9 Å². The smallest absolute Gasteiger partial charge is 0.337 e. The average Bonchev–Trinajstić information content (AvgIpc) is 2.23. The lowest BCUT2D eigenvalue weighted by Crippen LogP contribution is -2.15. The van der Waals surface area contributed by atoms with Crippen LogP contribution >= 0.6 is 0 Å². The summed E-state index contributed by atoms with van der Waals surface area (Å²) in [7, 11) is 0. The zero-order chi connectivity index (χ0) is 11.7. The van der Waals surface area contributed by atoms with Crippen LogP contribution in [0.15, 0.2) is 11.6 Å². The molecule has 0 rings (SSSR count). The van der Waals surface area contributed by atoms with Crippen LogP contribution in [-0.2, 0) is 19.1 Å². The van der Waals surface area contributed by atoms with Crippen molar-refractivity contribution in [3.8, 4) is 0 Å². The summed E-state index contributed by atoms with van der Waals surface area (Å²) in [6, 6.07) is 0. The summed E-state index contributed by atoms with van der Waals surface area (Å²) in [6.07, 6.45) is 2.72. The highest BCUT2D eigenvalue weighted by Crippen LogP contribution is 2.02. The van der Waals surface area contributed by atoms with Crippen molar-refractivity contribution < 1.29 is 19.1 Å². The topological polar surface area (TPSA) is 52.6 Å². The summed E-state index contributed by atoms with van der Waals surface area (Å²) >= 11 is 0. The maximum Gasteiger partial charge on any atom is 0.337 e. The van der Waals surface area contributed by atoms with Crippen LogP contribution in [-0.4, -0.2) is 25.2 Å². The van der Waals surface area contributed by atoms with Crippen molar-refractivity contribution in [2.45, 2.75) is 33.6 Å². The van der Waals surface area contributed by atoms with Crippen molar-refractivity contribution >= 4 is 11.9 Å². The molecule has 0 heterocycles. The number of esters is 2. The molecule has 0 aromatic carbocycles. The predicted molar refractivity (Wildman–Crippen MR) is 56.3 cm³/mol. The first kappa shape index (κ1) is 13.7. The molecule has 0 fully saturated rings. The zero-order valence-electron chi connectivity index (χ0n) is 9.54. The molecular formula is C11H18O4. The van der Waals surface area contributed by atoms with Crippen molar-refractivity contribution in [2.24, 2.45) is 0 Å². The average molecular weight is 214 g/mol. The quantitative estimate of drug-likeness (QED) is 0.500. The van der Waals surface area contributed by atoms with Gasteiger partial charge in [0, 0.05) is 6.42 Å². The molecule has 0 aliphatic heterocycles. The van der Waals surface area contributed by atoms with Gasteiger partial charge in [0.2, 0.25) is 0 Å². The van der Waals surface area contributed by atoms with Gasteiger partial charge in [0.1, 0.15) is 6.61 Å². The number of allylic oxidation sites excluding steroid dienone is 1. The minimum Gasteiger partial charge on any atom is -0.463 e. The third kappa shape index (κ3) is 5.88. The Kier molecular flexibility index (Phi) is 7.32. The van der Waals surface area contributed by atoms with E-state index < -0.39 is 5.97 Å². The molecular weight excluding hydrogens is 196 g/mol. The van der Waals surface area contributed by atoms with Crippen molar-refractivity contribution in [3.05, 3.63) is 11.6 Å². The first-order valence-corrected chi connectivity index (χ1v) is 5.17. The van der Waals surface area contributed by atoms with Gasteiger partial charge in [0.05, 0.1) is 12.2 Å². The molecule has 0 atom stereocenters. The van der Waals surface area contributed by atoms with E-state index in [1.165, 1.54) is 0 Å². The highest BCUT2D eigenvalue weighted by Gasteiger charge is 2.11. The Morgan fingerprint density at radius 3 is 2.27 bits per heavy atom. The number of rotatable bonds is 6. The van der Waals surface area contributed by atoms with E-state index in [0.717, 1.165) is 0 Å². The number of hydrogen-bond acceptors (Lipinski definition) is 4. The van der Waals surface area contributed by atoms with Crippen LogP contribution in [0.2, 0.25) is 0 Å². The second kappa shape index (κ2) is 8.03. The zero-order valence-corrected chi connectivity index (χ0v) is 9.54. The normalized spacial score (nSPS) is 11.0. The third-order valence-electron chi connectivity index (χ3n) is 1.67. The molecule has 0 radical (unpaired) electrons. The molecule has 4 nitrogen and oxygen atoms in total. The fourth-order valence-corrected chi connectivity index (χ4v) is 0.932. The van der Waals surface area contributed by atoms with Gasteiger partial charge in [-0.3, -0.25) is 4.79 Å². The summed E-state index contributed by atoms with van der Waals surface area (Å²) in [6.45, 7) is 5.66. The summed E-state index contributed by atoms with van der Waals surface area (Å²) in [5.41, 5.74) is 0.404. The third-order valence-corrected chi connectivity index (χ3v) is 1.67. The van der Waals surface area contributed by atoms with E-state index in [-0.39, 0.29) is 12.6 Å². The molecule has 15 heavy (non-hydrogen) atoms. The second-order valence-corrected chi connectivity index (χ2v) is 2.87. The van der Waals surface area contributed by atoms with Crippen molar-refractivity contribution in [2.75, 3.05) is 13.2 Å². The van der Waals surface area contributed by atoms with Crippen LogP contribution in [0.5, 0.6) is 0 Å². The van der Waals surface area contributed by atoms with Gasteiger partial charge in [-0.1, -0.05) is 19.9 Å². The largest absolute Gasteiger partial charge is 0.463 e. The van der Waals surface area contributed by atoms with Crippen molar-refractivity contribution in [1.82, 2.24) is 0 Å². The van der Waals surface area contributed by atoms with Gasteiger partial charge in [-0.05, 0) is 13.3 Å². The highest BCUT2D eigenvalue weighted by molar-refractivity contribution is 5.89. The molecule has 0 N–H and O–H groups in total. The van der Waals surface area contributed by atoms with Gasteiger partial charge < -0.3 is 9.47 Å². The Balaban J connectivity index is 4.23. The lowest BCUT2D eigenvalue weighted by Gasteiger charge is -2.07. The number of ether oxygens (including phenoxy) is 2. The fourth-order valence-electron chi connectivity index (χ4n) is 0.932. The van der Waals surface area contributed by atoms with Gasteiger partial charge in [-0.25, -0.2) is 4.79 Å². The molecule has 4 heteroatoms. The fraction of sp³-hybridized carbons (Fsp3) is 0.636. The Morgan fingerprint density at radius 2 is 1.80 bits per heavy atom. The van der Waals surface area contributed by atoms with Crippen LogP contribution < -0.4 is 0 Å². The van der Waals surface area contributed by atoms with Crippen LogP contribution in [0.1, 0.15) is 33.6 Å². The van der Waals surface area contributed by atoms with E-state index in [4.69, 9.17) is 9.47 Å². The SMILES string of the molecule is CCC=C(COC(=O)CC)C(=O)OCC. The lowest BCUT2D eigenvalue weighted by atomic mass is 10.2. The molecule has 0 spiro atoms. The molecule has 0 unspecified atom stereocenters. The monoisotopic (exact) mass is 214 g/mol. The molecule has 0 saturated carbocycles. The highest BCUT2D eigenvalue weighted by atomic mass is 16.5. The predicted octanol–water partition coefficient (Wildman–Crippen LogP) is 1.84. The minimum absolute atomic E-state index is 0.000648. The maximum atomic E-state index is 11.4. The van der Waals surface area contributed by atoms with E-state index in [1.54, 1.807) is 19.9 Å². The second-order valence-electron chi connectivity index (χ2n) is 2.87. The van der Waals surface area contributed by atoms with Crippen LogP contribution in [0.25, 0.3) is 0 Å². The van der Waals surface area contributed by atoms with Crippen LogP contribution in [0.3, 0.4) is 0 Å². The van der Waals surface area contributed by atoms with E-state index in [9.17, 15) is 9.59 Å². The summed E-state index contributed by atoms with van der Waals surface area (Å²) in [5.74, 6) is -0.732. The minimum atomic E-state index is -0.414. The van der Waals surface area contributed by atoms with E-state index in [1.807, 2.05) is 6.92 Å². The molecule has 86 valence electrons. The first-order valence-electron chi connectivity index (χ1n) is 5.17. The molecule has 0 saturated heterocycles. The van der Waals surface area contributed by atoms with E-state index in [0.29, 0.717) is 25.0 Å². The van der Waals surface area contributed by atoms with Gasteiger partial charge in [0.15, 0.2) is 0 Å². The first-order chi connectivity index (χ1) is 7.15. The molecule has 0 amide bonds. The Morgan fingerprint density at radius 1 is 1.13 bits per heavy atom. The summed E-state index contributed by atoms with van der Waals surface area (Å²) in [5, 5.41) is 0. The maximum absolute atomic E-state index is 11.4. The molecule has 0 aromatic heterocycles. The van der Waals surface area contributed by atoms with Gasteiger partial charge in [-0.2, -0.15) is 0 Å². The molecule has 0 aromatic rings. The van der Waals surface area contributed by atoms with E-state index >= 15 is 0 Å². The number of carbonyl (C=O) groups excluding carboxylic acids is 2. The molecule has 0 aliphatic rings. The molecule has 0 bridgehead atoms. The number of hydrogen-bond donors (Lipinski definition) is 0. The van der Waals surface area contributed by atoms with Crippen molar-refractivity contribution in [1.29, 1.82) is 0 Å². The number of carbonyl (C=O) groups is 2. The Labute approximate surface area is 90.2 Å².